The molecule has 0 radical (unpaired) electrons. The number of rotatable bonds is 4. The monoisotopic (exact) mass is 242 g/mol. The van der Waals surface area contributed by atoms with E-state index >= 15 is 0 Å². The second-order valence-corrected chi connectivity index (χ2v) is 4.15. The Bertz CT molecular complexity index is 391. The number of nitrogens with zero attached hydrogens (tertiary/aromatic N) is 1. The zero-order valence-electron chi connectivity index (χ0n) is 9.11. The molecule has 0 fully saturated rings. The molecule has 1 aromatic heterocycles. The molecule has 0 aliphatic heterocycles. The topological polar surface area (TPSA) is 97.1 Å². The lowest BCUT2D eigenvalue weighted by Gasteiger charge is -2.11. The first kappa shape index (κ1) is 12.4. The van der Waals surface area contributed by atoms with Crippen LogP contribution in [-0.2, 0) is 16.0 Å². The molecule has 1 rings (SSSR count). The molecule has 88 valence electrons. The van der Waals surface area contributed by atoms with Gasteiger partial charge in [0.25, 0.3) is 0 Å². The molecule has 16 heavy (non-hydrogen) atoms. The van der Waals surface area contributed by atoms with Crippen LogP contribution >= 0.6 is 11.3 Å². The highest BCUT2D eigenvalue weighted by Crippen LogP contribution is 2.11. The zero-order chi connectivity index (χ0) is 12.1. The smallest absolute Gasteiger partial charge is 0.242 e. The average molecular weight is 242 g/mol. The molecular weight excluding hydrogens is 228 g/mol. The molecule has 4 N–H and O–H groups in total. The minimum atomic E-state index is -0.548. The first-order valence-electron chi connectivity index (χ1n) is 4.73. The molecule has 0 aliphatic carbocycles. The van der Waals surface area contributed by atoms with E-state index in [0.717, 1.165) is 0 Å². The van der Waals surface area contributed by atoms with Crippen LogP contribution in [0.1, 0.15) is 12.6 Å². The van der Waals surface area contributed by atoms with Gasteiger partial charge in [-0.05, 0) is 6.92 Å². The van der Waals surface area contributed by atoms with E-state index in [0.29, 0.717) is 10.8 Å². The van der Waals surface area contributed by atoms with E-state index < -0.39 is 6.04 Å². The number of hydrogen-bond acceptors (Lipinski definition) is 5. The Morgan fingerprint density at radius 1 is 1.62 bits per heavy atom. The third kappa shape index (κ3) is 3.50. The number of nitrogens with one attached hydrogen (secondary N) is 2. The summed E-state index contributed by atoms with van der Waals surface area (Å²) in [4.78, 5) is 26.6. The van der Waals surface area contributed by atoms with Crippen molar-refractivity contribution in [3.63, 3.8) is 0 Å². The number of aromatic nitrogens is 1. The van der Waals surface area contributed by atoms with E-state index in [1.165, 1.54) is 18.4 Å². The van der Waals surface area contributed by atoms with Gasteiger partial charge in [-0.1, -0.05) is 0 Å². The molecule has 0 aromatic carbocycles. The molecule has 1 atom stereocenters. The number of amides is 2. The van der Waals surface area contributed by atoms with Gasteiger partial charge in [-0.15, -0.1) is 11.3 Å². The molecule has 0 spiro atoms. The van der Waals surface area contributed by atoms with Crippen LogP contribution in [0.2, 0.25) is 0 Å². The first-order chi connectivity index (χ1) is 7.52. The third-order valence-corrected chi connectivity index (χ3v) is 2.65. The van der Waals surface area contributed by atoms with E-state index in [-0.39, 0.29) is 18.2 Å². The number of likely N-dealkylation sites (N-methyl/N-ethyl adjacent to an activating group) is 1. The van der Waals surface area contributed by atoms with Gasteiger partial charge in [-0.2, -0.15) is 0 Å². The molecule has 2 amide bonds. The molecule has 6 nitrogen and oxygen atoms in total. The summed E-state index contributed by atoms with van der Waals surface area (Å²) >= 11 is 1.28. The average Bonchev–Trinajstić information content (AvgIpc) is 2.62. The summed E-state index contributed by atoms with van der Waals surface area (Å²) in [6.07, 6.45) is 0.134. The lowest BCUT2D eigenvalue weighted by atomic mass is 10.2. The fourth-order valence-electron chi connectivity index (χ4n) is 1.14. The minimum absolute atomic E-state index is 0.134. The minimum Gasteiger partial charge on any atom is -0.375 e. The Morgan fingerprint density at radius 2 is 2.31 bits per heavy atom. The van der Waals surface area contributed by atoms with E-state index in [9.17, 15) is 9.59 Å². The van der Waals surface area contributed by atoms with Crippen molar-refractivity contribution < 1.29 is 9.59 Å². The summed E-state index contributed by atoms with van der Waals surface area (Å²) in [6, 6.07) is -0.548. The van der Waals surface area contributed by atoms with Crippen molar-refractivity contribution in [2.75, 3.05) is 12.8 Å². The van der Waals surface area contributed by atoms with Gasteiger partial charge in [0.1, 0.15) is 6.04 Å². The van der Waals surface area contributed by atoms with Crippen LogP contribution in [0, 0.1) is 0 Å². The van der Waals surface area contributed by atoms with Crippen LogP contribution in [-0.4, -0.2) is 29.9 Å². The Kier molecular flexibility index (Phi) is 4.24. The Hall–Kier alpha value is -1.63. The van der Waals surface area contributed by atoms with Crippen molar-refractivity contribution in [1.82, 2.24) is 15.6 Å². The maximum atomic E-state index is 11.5. The molecule has 0 saturated carbocycles. The SMILES string of the molecule is CNC(=O)C(C)NC(=O)Cc1csc(N)n1. The zero-order valence-corrected chi connectivity index (χ0v) is 9.93. The molecule has 0 saturated heterocycles. The van der Waals surface area contributed by atoms with Gasteiger partial charge in [0.15, 0.2) is 5.13 Å². The highest BCUT2D eigenvalue weighted by Gasteiger charge is 2.14. The van der Waals surface area contributed by atoms with Crippen molar-refractivity contribution in [2.45, 2.75) is 19.4 Å². The van der Waals surface area contributed by atoms with Gasteiger partial charge in [-0.3, -0.25) is 9.59 Å². The lowest BCUT2D eigenvalue weighted by molar-refractivity contribution is -0.128. The fourth-order valence-corrected chi connectivity index (χ4v) is 1.71. The lowest BCUT2D eigenvalue weighted by Crippen LogP contribution is -2.44. The summed E-state index contributed by atoms with van der Waals surface area (Å²) in [5.74, 6) is -0.479. The molecule has 7 heteroatoms. The second-order valence-electron chi connectivity index (χ2n) is 3.26. The Morgan fingerprint density at radius 3 is 2.81 bits per heavy atom. The summed E-state index contributed by atoms with van der Waals surface area (Å²) in [5, 5.41) is 7.17. The van der Waals surface area contributed by atoms with E-state index in [4.69, 9.17) is 5.73 Å². The summed E-state index contributed by atoms with van der Waals surface area (Å²) in [6.45, 7) is 1.62. The van der Waals surface area contributed by atoms with E-state index in [1.807, 2.05) is 0 Å². The van der Waals surface area contributed by atoms with Crippen molar-refractivity contribution in [3.05, 3.63) is 11.1 Å². The van der Waals surface area contributed by atoms with Gasteiger partial charge in [0.2, 0.25) is 11.8 Å². The number of carbonyl (C=O) groups excluding carboxylic acids is 2. The number of hydrogen-bond donors (Lipinski definition) is 3. The maximum absolute atomic E-state index is 11.5. The first-order valence-corrected chi connectivity index (χ1v) is 5.61. The molecule has 0 bridgehead atoms. The van der Waals surface area contributed by atoms with Crippen LogP contribution in [0.15, 0.2) is 5.38 Å². The van der Waals surface area contributed by atoms with Crippen molar-refractivity contribution >= 4 is 28.3 Å². The third-order valence-electron chi connectivity index (χ3n) is 1.93. The maximum Gasteiger partial charge on any atom is 0.242 e. The van der Waals surface area contributed by atoms with Gasteiger partial charge in [-0.25, -0.2) is 4.98 Å². The number of carbonyl (C=O) groups is 2. The predicted molar refractivity (Wildman–Crippen MR) is 61.9 cm³/mol. The molecule has 1 unspecified atom stereocenters. The van der Waals surface area contributed by atoms with Gasteiger partial charge in [0, 0.05) is 12.4 Å². The number of anilines is 1. The summed E-state index contributed by atoms with van der Waals surface area (Å²) in [7, 11) is 1.52. The van der Waals surface area contributed by atoms with Gasteiger partial charge >= 0.3 is 0 Å². The van der Waals surface area contributed by atoms with Crippen LogP contribution in [0.5, 0.6) is 0 Å². The number of nitrogen functional groups attached to an aromatic ring is 1. The summed E-state index contributed by atoms with van der Waals surface area (Å²) in [5.41, 5.74) is 6.05. The van der Waals surface area contributed by atoms with Crippen molar-refractivity contribution in [3.8, 4) is 0 Å². The van der Waals surface area contributed by atoms with E-state index in [2.05, 4.69) is 15.6 Å². The van der Waals surface area contributed by atoms with Gasteiger partial charge < -0.3 is 16.4 Å². The van der Waals surface area contributed by atoms with E-state index in [1.54, 1.807) is 12.3 Å². The van der Waals surface area contributed by atoms with Crippen LogP contribution in [0.4, 0.5) is 5.13 Å². The molecule has 1 heterocycles. The predicted octanol–water partition coefficient (Wildman–Crippen LogP) is -0.481. The summed E-state index contributed by atoms with van der Waals surface area (Å²) < 4.78 is 0. The number of nitrogens with two attached hydrogens (primary N) is 1. The Labute approximate surface area is 97.2 Å². The Balaban J connectivity index is 2.45. The largest absolute Gasteiger partial charge is 0.375 e. The standard InChI is InChI=1S/C9H14N4O2S/c1-5(8(15)11-2)12-7(14)3-6-4-16-9(10)13-6/h4-5H,3H2,1-2H3,(H2,10,13)(H,11,15)(H,12,14). The van der Waals surface area contributed by atoms with Crippen molar-refractivity contribution in [1.29, 1.82) is 0 Å². The van der Waals surface area contributed by atoms with Crippen LogP contribution < -0.4 is 16.4 Å². The molecule has 1 aromatic rings. The van der Waals surface area contributed by atoms with Crippen LogP contribution in [0.3, 0.4) is 0 Å². The second kappa shape index (κ2) is 5.45. The normalized spacial score (nSPS) is 11.9. The van der Waals surface area contributed by atoms with Gasteiger partial charge in [0.05, 0.1) is 12.1 Å². The molecule has 0 aliphatic rings. The highest BCUT2D eigenvalue weighted by molar-refractivity contribution is 7.13. The quantitative estimate of drug-likeness (QED) is 0.664. The van der Waals surface area contributed by atoms with Crippen molar-refractivity contribution in [2.24, 2.45) is 0 Å². The fraction of sp³-hybridized carbons (Fsp3) is 0.444. The number of thiazole rings is 1. The molecular formula is C9H14N4O2S. The van der Waals surface area contributed by atoms with Crippen LogP contribution in [0.25, 0.3) is 0 Å². The highest BCUT2D eigenvalue weighted by atomic mass is 32.1.